The number of hydrogen-bond donors (Lipinski definition) is 3. The molecule has 8 heteroatoms. The number of carboxylic acids is 1. The Morgan fingerprint density at radius 2 is 2.36 bits per heavy atom. The Kier molecular flexibility index (Phi) is 2.87. The first kappa shape index (κ1) is 10.7. The zero-order valence-corrected chi connectivity index (χ0v) is 8.08. The minimum atomic E-state index is -3.81. The van der Waals surface area contributed by atoms with Crippen LogP contribution in [0.25, 0.3) is 0 Å². The number of imidazole rings is 1. The summed E-state index contributed by atoms with van der Waals surface area (Å²) in [6, 6.07) is -1.18. The normalized spacial score (nSPS) is 13.8. The van der Waals surface area contributed by atoms with Crippen molar-refractivity contribution in [2.45, 2.75) is 18.0 Å². The van der Waals surface area contributed by atoms with Gasteiger partial charge < -0.3 is 10.1 Å². The van der Waals surface area contributed by atoms with Gasteiger partial charge >= 0.3 is 5.97 Å². The molecule has 1 rings (SSSR count). The number of H-pyrrole nitrogens is 1. The number of hydrogen-bond acceptors (Lipinski definition) is 4. The van der Waals surface area contributed by atoms with Gasteiger partial charge in [-0.1, -0.05) is 0 Å². The molecule has 0 radical (unpaired) electrons. The molecule has 1 atom stereocenters. The first-order valence-corrected chi connectivity index (χ1v) is 5.15. The lowest BCUT2D eigenvalue weighted by Gasteiger charge is -2.07. The fraction of sp³-hybridized carbons (Fsp3) is 0.333. The van der Waals surface area contributed by atoms with Crippen LogP contribution in [0.1, 0.15) is 6.92 Å². The molecule has 7 nitrogen and oxygen atoms in total. The SMILES string of the molecule is C[C@H](NS(=O)(=O)c1cnc[nH]1)C(=O)O. The summed E-state index contributed by atoms with van der Waals surface area (Å²) >= 11 is 0. The van der Waals surface area contributed by atoms with Gasteiger partial charge in [-0.25, -0.2) is 13.4 Å². The summed E-state index contributed by atoms with van der Waals surface area (Å²) in [5.74, 6) is -1.24. The van der Waals surface area contributed by atoms with Crippen LogP contribution in [0.4, 0.5) is 0 Å². The number of aliphatic carboxylic acids is 1. The number of sulfonamides is 1. The summed E-state index contributed by atoms with van der Waals surface area (Å²) < 4.78 is 24.7. The molecule has 0 aliphatic rings. The predicted octanol–water partition coefficient (Wildman–Crippen LogP) is -0.839. The highest BCUT2D eigenvalue weighted by molar-refractivity contribution is 7.89. The topological polar surface area (TPSA) is 112 Å². The summed E-state index contributed by atoms with van der Waals surface area (Å²) in [6.45, 7) is 1.23. The van der Waals surface area contributed by atoms with E-state index in [1.54, 1.807) is 0 Å². The van der Waals surface area contributed by atoms with E-state index in [1.807, 2.05) is 4.72 Å². The van der Waals surface area contributed by atoms with Crippen LogP contribution in [0.5, 0.6) is 0 Å². The maximum Gasteiger partial charge on any atom is 0.321 e. The molecule has 0 saturated heterocycles. The zero-order valence-electron chi connectivity index (χ0n) is 7.26. The van der Waals surface area contributed by atoms with E-state index >= 15 is 0 Å². The molecule has 0 aliphatic carbocycles. The van der Waals surface area contributed by atoms with Crippen LogP contribution >= 0.6 is 0 Å². The van der Waals surface area contributed by atoms with E-state index in [0.717, 1.165) is 6.20 Å². The number of aromatic nitrogens is 2. The average Bonchev–Trinajstić information content (AvgIpc) is 2.54. The van der Waals surface area contributed by atoms with Crippen molar-refractivity contribution in [3.05, 3.63) is 12.5 Å². The van der Waals surface area contributed by atoms with Gasteiger partial charge in [-0.05, 0) is 6.92 Å². The number of aromatic amines is 1. The van der Waals surface area contributed by atoms with Crippen molar-refractivity contribution < 1.29 is 18.3 Å². The lowest BCUT2D eigenvalue weighted by Crippen LogP contribution is -2.38. The van der Waals surface area contributed by atoms with E-state index in [2.05, 4.69) is 9.97 Å². The van der Waals surface area contributed by atoms with Crippen molar-refractivity contribution in [2.24, 2.45) is 0 Å². The second-order valence-electron chi connectivity index (χ2n) is 2.60. The van der Waals surface area contributed by atoms with E-state index < -0.39 is 22.0 Å². The second kappa shape index (κ2) is 3.76. The molecule has 0 amide bonds. The molecule has 0 saturated carbocycles. The highest BCUT2D eigenvalue weighted by Gasteiger charge is 2.22. The maximum atomic E-state index is 11.4. The van der Waals surface area contributed by atoms with E-state index in [9.17, 15) is 13.2 Å². The van der Waals surface area contributed by atoms with E-state index in [1.165, 1.54) is 13.3 Å². The summed E-state index contributed by atoms with van der Waals surface area (Å²) in [6.07, 6.45) is 2.29. The molecule has 1 aromatic rings. The van der Waals surface area contributed by atoms with E-state index in [-0.39, 0.29) is 5.03 Å². The van der Waals surface area contributed by atoms with Crippen molar-refractivity contribution in [3.8, 4) is 0 Å². The molecule has 14 heavy (non-hydrogen) atoms. The third-order valence-electron chi connectivity index (χ3n) is 1.47. The van der Waals surface area contributed by atoms with Gasteiger partial charge in [0.15, 0.2) is 5.03 Å². The van der Waals surface area contributed by atoms with Gasteiger partial charge in [-0.15, -0.1) is 0 Å². The number of carbonyl (C=O) groups is 1. The molecule has 0 aromatic carbocycles. The minimum absolute atomic E-state index is 0.161. The highest BCUT2D eigenvalue weighted by atomic mass is 32.2. The van der Waals surface area contributed by atoms with Gasteiger partial charge in [-0.3, -0.25) is 4.79 Å². The fourth-order valence-electron chi connectivity index (χ4n) is 0.737. The van der Waals surface area contributed by atoms with Crippen LogP contribution in [0.15, 0.2) is 17.6 Å². The average molecular weight is 219 g/mol. The van der Waals surface area contributed by atoms with E-state index in [0.29, 0.717) is 0 Å². The summed E-state index contributed by atoms with van der Waals surface area (Å²) in [7, 11) is -3.81. The molecule has 0 aliphatic heterocycles. The number of carboxylic acid groups (broad SMARTS) is 1. The quantitative estimate of drug-likeness (QED) is 0.611. The molecule has 1 aromatic heterocycles. The molecular weight excluding hydrogens is 210 g/mol. The number of nitrogens with zero attached hydrogens (tertiary/aromatic N) is 1. The van der Waals surface area contributed by atoms with Gasteiger partial charge in [-0.2, -0.15) is 4.72 Å². The van der Waals surface area contributed by atoms with Crippen LogP contribution in [-0.2, 0) is 14.8 Å². The third kappa shape index (κ3) is 2.30. The van der Waals surface area contributed by atoms with Crippen molar-refractivity contribution in [2.75, 3.05) is 0 Å². The van der Waals surface area contributed by atoms with Gasteiger partial charge in [0.1, 0.15) is 6.04 Å². The Morgan fingerprint density at radius 1 is 1.71 bits per heavy atom. The Hall–Kier alpha value is -1.41. The maximum absolute atomic E-state index is 11.4. The molecule has 0 spiro atoms. The largest absolute Gasteiger partial charge is 0.480 e. The van der Waals surface area contributed by atoms with Crippen molar-refractivity contribution >= 4 is 16.0 Å². The molecule has 3 N–H and O–H groups in total. The number of nitrogens with one attached hydrogen (secondary N) is 2. The van der Waals surface area contributed by atoms with Crippen molar-refractivity contribution in [1.29, 1.82) is 0 Å². The van der Waals surface area contributed by atoms with Crippen LogP contribution < -0.4 is 4.72 Å². The minimum Gasteiger partial charge on any atom is -0.480 e. The Morgan fingerprint density at radius 3 is 2.79 bits per heavy atom. The Labute approximate surface area is 80.2 Å². The molecule has 1 heterocycles. The summed E-state index contributed by atoms with van der Waals surface area (Å²) in [5, 5.41) is 8.33. The molecule has 78 valence electrons. The Bertz CT molecular complexity index is 410. The predicted molar refractivity (Wildman–Crippen MR) is 46.0 cm³/mol. The molecular formula is C6H9N3O4S. The van der Waals surface area contributed by atoms with Crippen LogP contribution in [0.2, 0.25) is 0 Å². The smallest absolute Gasteiger partial charge is 0.321 e. The van der Waals surface area contributed by atoms with Crippen molar-refractivity contribution in [1.82, 2.24) is 14.7 Å². The molecule has 0 unspecified atom stereocenters. The Balaban J connectivity index is 2.84. The lowest BCUT2D eigenvalue weighted by molar-refractivity contribution is -0.138. The first-order chi connectivity index (χ1) is 6.43. The summed E-state index contributed by atoms with van der Waals surface area (Å²) in [5.41, 5.74) is 0. The van der Waals surface area contributed by atoms with Gasteiger partial charge in [0.05, 0.1) is 12.5 Å². The lowest BCUT2D eigenvalue weighted by atomic mass is 10.4. The van der Waals surface area contributed by atoms with Crippen LogP contribution in [0.3, 0.4) is 0 Å². The third-order valence-corrected chi connectivity index (χ3v) is 2.93. The van der Waals surface area contributed by atoms with Crippen molar-refractivity contribution in [3.63, 3.8) is 0 Å². The molecule has 0 bridgehead atoms. The van der Waals surface area contributed by atoms with Gasteiger partial charge in [0, 0.05) is 0 Å². The fourth-order valence-corrected chi connectivity index (χ4v) is 1.84. The zero-order chi connectivity index (χ0) is 10.8. The standard InChI is InChI=1S/C6H9N3O4S/c1-4(6(10)11)9-14(12,13)5-2-7-3-8-5/h2-4,9H,1H3,(H,7,8)(H,10,11)/t4-/m0/s1. The summed E-state index contributed by atoms with van der Waals surface area (Å²) in [4.78, 5) is 16.3. The first-order valence-electron chi connectivity index (χ1n) is 3.67. The highest BCUT2D eigenvalue weighted by Crippen LogP contribution is 2.02. The van der Waals surface area contributed by atoms with Gasteiger partial charge in [0.25, 0.3) is 10.0 Å². The van der Waals surface area contributed by atoms with Crippen LogP contribution in [0, 0.1) is 0 Å². The van der Waals surface area contributed by atoms with E-state index in [4.69, 9.17) is 5.11 Å². The van der Waals surface area contributed by atoms with Crippen LogP contribution in [-0.4, -0.2) is 35.5 Å². The second-order valence-corrected chi connectivity index (χ2v) is 4.28. The monoisotopic (exact) mass is 219 g/mol. The number of rotatable bonds is 4. The molecule has 0 fully saturated rings. The van der Waals surface area contributed by atoms with Gasteiger partial charge in [0.2, 0.25) is 0 Å².